The van der Waals surface area contributed by atoms with Crippen molar-refractivity contribution >= 4 is 23.6 Å². The molecule has 6 nitrogen and oxygen atoms in total. The summed E-state index contributed by atoms with van der Waals surface area (Å²) in [6, 6.07) is 25.2. The van der Waals surface area contributed by atoms with Gasteiger partial charge in [0.25, 0.3) is 5.91 Å². The summed E-state index contributed by atoms with van der Waals surface area (Å²) in [5, 5.41) is 3.08. The van der Waals surface area contributed by atoms with Crippen molar-refractivity contribution < 1.29 is 19.1 Å². The smallest absolute Gasteiger partial charge is 0.255 e. The Morgan fingerprint density at radius 3 is 2.06 bits per heavy atom. The number of hydrogen-bond donors (Lipinski definition) is 1. The average molecular weight is 491 g/mol. The second kappa shape index (κ2) is 11.8. The quantitative estimate of drug-likeness (QED) is 0.476. The molecule has 1 unspecified atom stereocenters. The predicted molar refractivity (Wildman–Crippen MR) is 139 cm³/mol. The highest BCUT2D eigenvalue weighted by Crippen LogP contribution is 2.29. The lowest BCUT2D eigenvalue weighted by Crippen LogP contribution is -2.47. The average Bonchev–Trinajstić information content (AvgIpc) is 3.41. The molecule has 7 heteroatoms. The first-order valence-corrected chi connectivity index (χ1v) is 12.8. The number of amides is 2. The van der Waals surface area contributed by atoms with Crippen LogP contribution in [0.2, 0.25) is 0 Å². The van der Waals surface area contributed by atoms with Crippen molar-refractivity contribution in [3.8, 4) is 11.5 Å². The van der Waals surface area contributed by atoms with Crippen LogP contribution in [-0.4, -0.2) is 55.2 Å². The minimum Gasteiger partial charge on any atom is -0.497 e. The second-order valence-electron chi connectivity index (χ2n) is 8.35. The molecule has 0 aromatic heterocycles. The Labute approximate surface area is 210 Å². The van der Waals surface area contributed by atoms with E-state index >= 15 is 0 Å². The van der Waals surface area contributed by atoms with E-state index in [-0.39, 0.29) is 17.7 Å². The van der Waals surface area contributed by atoms with Crippen LogP contribution in [0.15, 0.2) is 78.9 Å². The van der Waals surface area contributed by atoms with Gasteiger partial charge in [-0.15, -0.1) is 11.8 Å². The van der Waals surface area contributed by atoms with E-state index in [0.717, 1.165) is 6.42 Å². The normalized spacial score (nSPS) is 15.2. The molecule has 0 saturated carbocycles. The Balaban J connectivity index is 1.42. The standard InChI is InChI=1S/C28H30N2O4S/c1-33-23-15-22(16-24(17-23)34-2)28(32)30-19-35-18-26(30)27(31)29-14-13-25(20-9-5-3-6-10-20)21-11-7-4-8-12-21/h3-12,15-17,25-26H,13-14,18-19H2,1-2H3,(H,29,31). The van der Waals surface area contributed by atoms with Crippen LogP contribution >= 0.6 is 11.8 Å². The largest absolute Gasteiger partial charge is 0.497 e. The third-order valence-corrected chi connectivity index (χ3v) is 7.19. The monoisotopic (exact) mass is 490 g/mol. The van der Waals surface area contributed by atoms with Crippen molar-refractivity contribution in [1.29, 1.82) is 0 Å². The van der Waals surface area contributed by atoms with Crippen molar-refractivity contribution in [2.24, 2.45) is 0 Å². The van der Waals surface area contributed by atoms with Gasteiger partial charge in [0.15, 0.2) is 0 Å². The van der Waals surface area contributed by atoms with Gasteiger partial charge in [-0.05, 0) is 29.7 Å². The van der Waals surface area contributed by atoms with Crippen LogP contribution in [0.3, 0.4) is 0 Å². The lowest BCUT2D eigenvalue weighted by Gasteiger charge is -2.24. The number of benzene rings is 3. The van der Waals surface area contributed by atoms with Crippen LogP contribution in [0.25, 0.3) is 0 Å². The SMILES string of the molecule is COc1cc(OC)cc(C(=O)N2CSCC2C(=O)NCCC(c2ccccc2)c2ccccc2)c1. The Bertz CT molecular complexity index is 1080. The number of carbonyl (C=O) groups is 2. The van der Waals surface area contributed by atoms with Crippen molar-refractivity contribution in [1.82, 2.24) is 10.2 Å². The van der Waals surface area contributed by atoms with Gasteiger partial charge in [0.05, 0.1) is 20.1 Å². The molecule has 182 valence electrons. The molecule has 2 amide bonds. The van der Waals surface area contributed by atoms with Gasteiger partial charge in [0.1, 0.15) is 17.5 Å². The topological polar surface area (TPSA) is 67.9 Å². The van der Waals surface area contributed by atoms with E-state index in [1.165, 1.54) is 11.1 Å². The molecule has 3 aromatic rings. The fraction of sp³-hybridized carbons (Fsp3) is 0.286. The lowest BCUT2D eigenvalue weighted by atomic mass is 9.88. The predicted octanol–water partition coefficient (Wildman–Crippen LogP) is 4.56. The van der Waals surface area contributed by atoms with E-state index in [9.17, 15) is 9.59 Å². The lowest BCUT2D eigenvalue weighted by molar-refractivity contribution is -0.124. The Kier molecular flexibility index (Phi) is 8.32. The maximum absolute atomic E-state index is 13.3. The van der Waals surface area contributed by atoms with E-state index in [2.05, 4.69) is 29.6 Å². The maximum Gasteiger partial charge on any atom is 0.255 e. The van der Waals surface area contributed by atoms with Gasteiger partial charge in [-0.3, -0.25) is 9.59 Å². The summed E-state index contributed by atoms with van der Waals surface area (Å²) in [6.45, 7) is 0.517. The van der Waals surface area contributed by atoms with Gasteiger partial charge in [-0.25, -0.2) is 0 Å². The van der Waals surface area contributed by atoms with Crippen LogP contribution in [0, 0.1) is 0 Å². The molecular weight excluding hydrogens is 460 g/mol. The summed E-state index contributed by atoms with van der Waals surface area (Å²) in [5.41, 5.74) is 2.87. The summed E-state index contributed by atoms with van der Waals surface area (Å²) in [5.74, 6) is 1.95. The van der Waals surface area contributed by atoms with Gasteiger partial charge >= 0.3 is 0 Å². The second-order valence-corrected chi connectivity index (χ2v) is 9.35. The molecule has 0 spiro atoms. The summed E-state index contributed by atoms with van der Waals surface area (Å²) < 4.78 is 10.6. The first-order valence-electron chi connectivity index (χ1n) is 11.6. The number of nitrogens with zero attached hydrogens (tertiary/aromatic N) is 1. The third-order valence-electron chi connectivity index (χ3n) is 6.18. The number of thioether (sulfide) groups is 1. The Morgan fingerprint density at radius 2 is 1.51 bits per heavy atom. The molecule has 0 radical (unpaired) electrons. The first kappa shape index (κ1) is 24.7. The fourth-order valence-electron chi connectivity index (χ4n) is 4.31. The van der Waals surface area contributed by atoms with Gasteiger partial charge < -0.3 is 19.7 Å². The minimum atomic E-state index is -0.517. The number of carbonyl (C=O) groups excluding carboxylic acids is 2. The molecule has 4 rings (SSSR count). The zero-order valence-electron chi connectivity index (χ0n) is 20.0. The van der Waals surface area contributed by atoms with E-state index in [1.54, 1.807) is 49.1 Å². The molecule has 1 atom stereocenters. The van der Waals surface area contributed by atoms with Crippen molar-refractivity contribution in [3.05, 3.63) is 95.6 Å². The number of rotatable bonds is 9. The van der Waals surface area contributed by atoms with E-state index in [1.807, 2.05) is 36.4 Å². The highest BCUT2D eigenvalue weighted by Gasteiger charge is 2.35. The van der Waals surface area contributed by atoms with Crippen LogP contribution in [-0.2, 0) is 4.79 Å². The highest BCUT2D eigenvalue weighted by molar-refractivity contribution is 7.99. The van der Waals surface area contributed by atoms with E-state index < -0.39 is 6.04 Å². The molecule has 35 heavy (non-hydrogen) atoms. The molecule has 1 saturated heterocycles. The van der Waals surface area contributed by atoms with Crippen molar-refractivity contribution in [3.63, 3.8) is 0 Å². The van der Waals surface area contributed by atoms with E-state index in [0.29, 0.717) is 35.2 Å². The van der Waals surface area contributed by atoms with Gasteiger partial charge in [-0.2, -0.15) is 0 Å². The number of methoxy groups -OCH3 is 2. The molecule has 0 bridgehead atoms. The number of nitrogens with one attached hydrogen (secondary N) is 1. The molecule has 3 aromatic carbocycles. The summed E-state index contributed by atoms with van der Waals surface area (Å²) in [6.07, 6.45) is 0.765. The Hall–Kier alpha value is -3.45. The summed E-state index contributed by atoms with van der Waals surface area (Å²) in [4.78, 5) is 28.0. The van der Waals surface area contributed by atoms with Crippen molar-refractivity contribution in [2.75, 3.05) is 32.4 Å². The molecule has 1 heterocycles. The van der Waals surface area contributed by atoms with Gasteiger partial charge in [0, 0.05) is 29.8 Å². The maximum atomic E-state index is 13.3. The molecule has 1 N–H and O–H groups in total. The minimum absolute atomic E-state index is 0.127. The van der Waals surface area contributed by atoms with Crippen LogP contribution in [0.1, 0.15) is 33.8 Å². The zero-order valence-corrected chi connectivity index (χ0v) is 20.8. The molecule has 1 aliphatic heterocycles. The van der Waals surface area contributed by atoms with Gasteiger partial charge in [-0.1, -0.05) is 60.7 Å². The summed E-state index contributed by atoms with van der Waals surface area (Å²) in [7, 11) is 3.09. The number of hydrogen-bond acceptors (Lipinski definition) is 5. The van der Waals surface area contributed by atoms with Crippen molar-refractivity contribution in [2.45, 2.75) is 18.4 Å². The molecule has 1 aliphatic rings. The van der Waals surface area contributed by atoms with Crippen LogP contribution in [0.4, 0.5) is 0 Å². The van der Waals surface area contributed by atoms with E-state index in [4.69, 9.17) is 9.47 Å². The fourth-order valence-corrected chi connectivity index (χ4v) is 5.46. The molecule has 0 aliphatic carbocycles. The zero-order chi connectivity index (χ0) is 24.6. The van der Waals surface area contributed by atoms with Gasteiger partial charge in [0.2, 0.25) is 5.91 Å². The first-order chi connectivity index (χ1) is 17.1. The summed E-state index contributed by atoms with van der Waals surface area (Å²) >= 11 is 1.58. The van der Waals surface area contributed by atoms with Crippen LogP contribution < -0.4 is 14.8 Å². The molecular formula is C28H30N2O4S. The van der Waals surface area contributed by atoms with Crippen LogP contribution in [0.5, 0.6) is 11.5 Å². The Morgan fingerprint density at radius 1 is 0.943 bits per heavy atom. The number of ether oxygens (including phenoxy) is 2. The highest BCUT2D eigenvalue weighted by atomic mass is 32.2. The third kappa shape index (κ3) is 5.98. The molecule has 1 fully saturated rings.